The number of carbonyl (C=O) groups is 1. The molecule has 1 aliphatic rings. The van der Waals surface area contributed by atoms with Gasteiger partial charge in [0, 0.05) is 24.8 Å². The summed E-state index contributed by atoms with van der Waals surface area (Å²) in [5, 5.41) is 2.74. The van der Waals surface area contributed by atoms with Gasteiger partial charge in [-0.05, 0) is 49.6 Å². The van der Waals surface area contributed by atoms with Crippen molar-refractivity contribution in [2.24, 2.45) is 0 Å². The van der Waals surface area contributed by atoms with Gasteiger partial charge in [-0.3, -0.25) is 9.78 Å². The second-order valence-corrected chi connectivity index (χ2v) is 7.72. The van der Waals surface area contributed by atoms with Gasteiger partial charge in [0.15, 0.2) is 0 Å². The van der Waals surface area contributed by atoms with Crippen molar-refractivity contribution in [2.75, 3.05) is 18.4 Å². The van der Waals surface area contributed by atoms with Crippen LogP contribution >= 0.6 is 0 Å². The van der Waals surface area contributed by atoms with Gasteiger partial charge in [0.2, 0.25) is 10.0 Å². The van der Waals surface area contributed by atoms with Crippen molar-refractivity contribution in [3.63, 3.8) is 0 Å². The highest BCUT2D eigenvalue weighted by molar-refractivity contribution is 7.89. The number of sulfonamides is 1. The molecule has 2 heterocycles. The average molecular weight is 345 g/mol. The Bertz CT molecular complexity index is 845. The van der Waals surface area contributed by atoms with Gasteiger partial charge in [-0.15, -0.1) is 0 Å². The van der Waals surface area contributed by atoms with E-state index in [1.807, 2.05) is 0 Å². The van der Waals surface area contributed by atoms with Crippen LogP contribution in [-0.2, 0) is 10.0 Å². The molecule has 0 atom stereocenters. The third-order valence-corrected chi connectivity index (χ3v) is 5.97. The molecule has 1 N–H and O–H groups in total. The fourth-order valence-corrected chi connectivity index (χ4v) is 4.26. The zero-order chi connectivity index (χ0) is 17.2. The van der Waals surface area contributed by atoms with E-state index in [0.29, 0.717) is 24.3 Å². The summed E-state index contributed by atoms with van der Waals surface area (Å²) < 4.78 is 26.8. The summed E-state index contributed by atoms with van der Waals surface area (Å²) in [6, 6.07) is 8.13. The molecule has 126 valence electrons. The molecule has 1 fully saturated rings. The topological polar surface area (TPSA) is 79.4 Å². The molecule has 0 radical (unpaired) electrons. The zero-order valence-electron chi connectivity index (χ0n) is 13.4. The van der Waals surface area contributed by atoms with Crippen LogP contribution in [-0.4, -0.2) is 36.7 Å². The van der Waals surface area contributed by atoms with Gasteiger partial charge in [0.25, 0.3) is 5.91 Å². The first-order valence-electron chi connectivity index (χ1n) is 7.81. The molecule has 7 heteroatoms. The number of carbonyl (C=O) groups excluding carboxylic acids is 1. The predicted molar refractivity (Wildman–Crippen MR) is 91.4 cm³/mol. The summed E-state index contributed by atoms with van der Waals surface area (Å²) in [7, 11) is -3.54. The van der Waals surface area contributed by atoms with Gasteiger partial charge >= 0.3 is 0 Å². The van der Waals surface area contributed by atoms with Crippen molar-refractivity contribution in [3.8, 4) is 0 Å². The largest absolute Gasteiger partial charge is 0.321 e. The van der Waals surface area contributed by atoms with Crippen LogP contribution in [0.4, 0.5) is 5.69 Å². The summed E-state index contributed by atoms with van der Waals surface area (Å²) in [6.45, 7) is 2.85. The number of nitrogens with zero attached hydrogens (tertiary/aromatic N) is 2. The van der Waals surface area contributed by atoms with E-state index in [9.17, 15) is 13.2 Å². The molecule has 1 amide bonds. The lowest BCUT2D eigenvalue weighted by molar-refractivity contribution is 0.102. The summed E-state index contributed by atoms with van der Waals surface area (Å²) in [5.74, 6) is -0.348. The Morgan fingerprint density at radius 3 is 2.62 bits per heavy atom. The molecule has 3 rings (SSSR count). The van der Waals surface area contributed by atoms with Crippen LogP contribution in [0.2, 0.25) is 0 Å². The Labute approximate surface area is 141 Å². The summed E-state index contributed by atoms with van der Waals surface area (Å²) in [6.07, 6.45) is 4.90. The molecular formula is C17H19N3O3S. The van der Waals surface area contributed by atoms with Crippen LogP contribution in [0.5, 0.6) is 0 Å². The molecule has 0 bridgehead atoms. The molecule has 1 saturated heterocycles. The Morgan fingerprint density at radius 1 is 1.21 bits per heavy atom. The van der Waals surface area contributed by atoms with Crippen LogP contribution in [0.3, 0.4) is 0 Å². The number of nitrogens with one attached hydrogen (secondary N) is 1. The first-order chi connectivity index (χ1) is 11.5. The second-order valence-electron chi connectivity index (χ2n) is 5.78. The van der Waals surface area contributed by atoms with E-state index < -0.39 is 10.0 Å². The Balaban J connectivity index is 1.90. The molecule has 1 aromatic carbocycles. The minimum absolute atomic E-state index is 0.159. The summed E-state index contributed by atoms with van der Waals surface area (Å²) >= 11 is 0. The molecule has 1 aliphatic heterocycles. The number of pyridine rings is 1. The van der Waals surface area contributed by atoms with E-state index in [2.05, 4.69) is 10.3 Å². The highest BCUT2D eigenvalue weighted by Gasteiger charge is 2.28. The van der Waals surface area contributed by atoms with Crippen molar-refractivity contribution in [2.45, 2.75) is 24.7 Å². The quantitative estimate of drug-likeness (QED) is 0.923. The van der Waals surface area contributed by atoms with Crippen molar-refractivity contribution in [3.05, 3.63) is 53.9 Å². The van der Waals surface area contributed by atoms with E-state index in [-0.39, 0.29) is 10.8 Å². The van der Waals surface area contributed by atoms with Gasteiger partial charge in [0.1, 0.15) is 0 Å². The highest BCUT2D eigenvalue weighted by atomic mass is 32.2. The maximum Gasteiger partial charge on any atom is 0.256 e. The number of rotatable bonds is 4. The normalized spacial score (nSPS) is 15.4. The lowest BCUT2D eigenvalue weighted by Crippen LogP contribution is -2.28. The van der Waals surface area contributed by atoms with Crippen molar-refractivity contribution < 1.29 is 13.2 Å². The lowest BCUT2D eigenvalue weighted by atomic mass is 10.1. The summed E-state index contributed by atoms with van der Waals surface area (Å²) in [4.78, 5) is 16.6. The van der Waals surface area contributed by atoms with E-state index in [4.69, 9.17) is 0 Å². The second kappa shape index (κ2) is 6.70. The maximum atomic E-state index is 12.7. The van der Waals surface area contributed by atoms with Gasteiger partial charge in [-0.2, -0.15) is 4.31 Å². The highest BCUT2D eigenvalue weighted by Crippen LogP contribution is 2.23. The molecule has 1 aromatic heterocycles. The van der Waals surface area contributed by atoms with Crippen LogP contribution in [0.15, 0.2) is 47.6 Å². The number of hydrogen-bond donors (Lipinski definition) is 1. The van der Waals surface area contributed by atoms with Gasteiger partial charge < -0.3 is 5.32 Å². The van der Waals surface area contributed by atoms with E-state index in [1.165, 1.54) is 16.6 Å². The smallest absolute Gasteiger partial charge is 0.256 e. The third-order valence-electron chi connectivity index (χ3n) is 4.08. The average Bonchev–Trinajstić information content (AvgIpc) is 3.11. The van der Waals surface area contributed by atoms with Crippen molar-refractivity contribution in [1.29, 1.82) is 0 Å². The minimum Gasteiger partial charge on any atom is -0.321 e. The minimum atomic E-state index is -3.54. The van der Waals surface area contributed by atoms with Crippen LogP contribution in [0.25, 0.3) is 0 Å². The summed E-state index contributed by atoms with van der Waals surface area (Å²) in [5.41, 5.74) is 1.63. The van der Waals surface area contributed by atoms with E-state index in [0.717, 1.165) is 18.4 Å². The monoisotopic (exact) mass is 345 g/mol. The van der Waals surface area contributed by atoms with Gasteiger partial charge in [0.05, 0.1) is 16.8 Å². The van der Waals surface area contributed by atoms with E-state index in [1.54, 1.807) is 37.4 Å². The molecule has 0 spiro atoms. The molecule has 24 heavy (non-hydrogen) atoms. The van der Waals surface area contributed by atoms with E-state index >= 15 is 0 Å². The predicted octanol–water partition coefficient (Wildman–Crippen LogP) is 2.43. The standard InChI is InChI=1S/C17H19N3O3S/c1-13-6-7-15(24(22,23)20-9-2-3-10-20)11-16(13)17(21)19-14-5-4-8-18-12-14/h4-8,11-12H,2-3,9-10H2,1H3,(H,19,21). The molecule has 6 nitrogen and oxygen atoms in total. The number of aryl methyl sites for hydroxylation is 1. The molecular weight excluding hydrogens is 326 g/mol. The van der Waals surface area contributed by atoms with Gasteiger partial charge in [-0.25, -0.2) is 8.42 Å². The van der Waals surface area contributed by atoms with Gasteiger partial charge in [-0.1, -0.05) is 6.07 Å². The Morgan fingerprint density at radius 2 is 1.96 bits per heavy atom. The number of hydrogen-bond acceptors (Lipinski definition) is 4. The molecule has 2 aromatic rings. The molecule has 0 aliphatic carbocycles. The first-order valence-corrected chi connectivity index (χ1v) is 9.25. The van der Waals surface area contributed by atoms with Crippen LogP contribution in [0, 0.1) is 6.92 Å². The maximum absolute atomic E-state index is 12.7. The molecule has 0 saturated carbocycles. The fourth-order valence-electron chi connectivity index (χ4n) is 2.72. The number of benzene rings is 1. The first kappa shape index (κ1) is 16.6. The van der Waals surface area contributed by atoms with Crippen molar-refractivity contribution in [1.82, 2.24) is 9.29 Å². The lowest BCUT2D eigenvalue weighted by Gasteiger charge is -2.16. The number of amides is 1. The molecule has 0 unspecified atom stereocenters. The zero-order valence-corrected chi connectivity index (χ0v) is 14.2. The Kier molecular flexibility index (Phi) is 4.64. The van der Waals surface area contributed by atoms with Crippen LogP contribution in [0.1, 0.15) is 28.8 Å². The number of anilines is 1. The Hall–Kier alpha value is -2.25. The third kappa shape index (κ3) is 3.32. The SMILES string of the molecule is Cc1ccc(S(=O)(=O)N2CCCC2)cc1C(=O)Nc1cccnc1. The van der Waals surface area contributed by atoms with Crippen LogP contribution < -0.4 is 5.32 Å². The fraction of sp³-hybridized carbons (Fsp3) is 0.294. The number of aromatic nitrogens is 1. The van der Waals surface area contributed by atoms with Crippen molar-refractivity contribution >= 4 is 21.6 Å².